The highest BCUT2D eigenvalue weighted by molar-refractivity contribution is 8.15. The fraction of sp³-hybridized carbons (Fsp3) is 0.364. The first-order valence-electron chi connectivity index (χ1n) is 6.08. The van der Waals surface area contributed by atoms with Gasteiger partial charge in [0.05, 0.1) is 32.8 Å². The molecule has 0 saturated carbocycles. The molecule has 9 nitrogen and oxygen atoms in total. The normalized spacial score (nSPS) is 22.7. The summed E-state index contributed by atoms with van der Waals surface area (Å²) < 4.78 is 22.9. The van der Waals surface area contributed by atoms with E-state index in [4.69, 9.17) is 11.6 Å². The summed E-state index contributed by atoms with van der Waals surface area (Å²) in [4.78, 5) is 32.1. The Morgan fingerprint density at radius 1 is 1.13 bits per heavy atom. The molecule has 23 heavy (non-hydrogen) atoms. The van der Waals surface area contributed by atoms with Crippen LogP contribution in [0.4, 0.5) is 11.4 Å². The number of carbonyl (C=O) groups excluding carboxylic acids is 1. The summed E-state index contributed by atoms with van der Waals surface area (Å²) in [7, 11) is -3.34. The molecule has 124 valence electrons. The van der Waals surface area contributed by atoms with Gasteiger partial charge in [0, 0.05) is 22.9 Å². The Morgan fingerprint density at radius 2 is 1.65 bits per heavy atom. The molecule has 2 rings (SSSR count). The van der Waals surface area contributed by atoms with Crippen LogP contribution in [0.15, 0.2) is 18.2 Å². The van der Waals surface area contributed by atoms with Crippen LogP contribution in [0.3, 0.4) is 0 Å². The van der Waals surface area contributed by atoms with E-state index in [1.54, 1.807) is 0 Å². The second kappa shape index (κ2) is 6.42. The zero-order valence-electron chi connectivity index (χ0n) is 11.2. The van der Waals surface area contributed by atoms with Crippen LogP contribution in [0.2, 0.25) is 0 Å². The molecule has 0 aromatic heterocycles. The molecule has 0 spiro atoms. The SMILES string of the molecule is O=C(S[C@H]1CS(=O)(=O)C[C@@H]1Cl)c1cc([N+](=O)[O-])cc([N+](=O)[O-])c1. The smallest absolute Gasteiger partial charge is 0.277 e. The van der Waals surface area contributed by atoms with Crippen molar-refractivity contribution >= 4 is 49.7 Å². The third kappa shape index (κ3) is 4.18. The molecule has 12 heteroatoms. The van der Waals surface area contributed by atoms with Gasteiger partial charge in [0.1, 0.15) is 0 Å². The molecular formula is C11H9ClN2O7S2. The summed E-state index contributed by atoms with van der Waals surface area (Å²) >= 11 is 6.51. The van der Waals surface area contributed by atoms with Gasteiger partial charge in [-0.25, -0.2) is 8.42 Å². The van der Waals surface area contributed by atoms with Crippen molar-refractivity contribution in [2.45, 2.75) is 10.6 Å². The minimum Gasteiger partial charge on any atom is -0.282 e. The van der Waals surface area contributed by atoms with Gasteiger partial charge in [-0.15, -0.1) is 11.6 Å². The highest BCUT2D eigenvalue weighted by Crippen LogP contribution is 2.32. The van der Waals surface area contributed by atoms with Crippen LogP contribution in [0.1, 0.15) is 10.4 Å². The number of non-ortho nitro benzene ring substituents is 2. The zero-order valence-corrected chi connectivity index (χ0v) is 13.6. The topological polar surface area (TPSA) is 137 Å². The van der Waals surface area contributed by atoms with E-state index in [9.17, 15) is 33.4 Å². The maximum atomic E-state index is 12.2. The van der Waals surface area contributed by atoms with E-state index in [2.05, 4.69) is 0 Å². The molecule has 0 radical (unpaired) electrons. The maximum Gasteiger partial charge on any atom is 0.277 e. The minimum absolute atomic E-state index is 0.246. The zero-order chi connectivity index (χ0) is 17.4. The summed E-state index contributed by atoms with van der Waals surface area (Å²) in [6, 6.07) is 2.57. The molecule has 1 fully saturated rings. The van der Waals surface area contributed by atoms with Gasteiger partial charge in [0.25, 0.3) is 11.4 Å². The number of carbonyl (C=O) groups is 1. The number of nitro benzene ring substituents is 2. The van der Waals surface area contributed by atoms with Gasteiger partial charge in [0.2, 0.25) is 5.12 Å². The summed E-state index contributed by atoms with van der Waals surface area (Å²) in [5.74, 6) is -0.539. The number of thioether (sulfide) groups is 1. The summed E-state index contributed by atoms with van der Waals surface area (Å²) in [6.07, 6.45) is 0. The van der Waals surface area contributed by atoms with Crippen LogP contribution in [0.5, 0.6) is 0 Å². The summed E-state index contributed by atoms with van der Waals surface area (Å²) in [6.45, 7) is 0. The minimum atomic E-state index is -3.34. The second-order valence-corrected chi connectivity index (χ2v) is 8.72. The molecule has 1 aliphatic heterocycles. The number of benzene rings is 1. The van der Waals surface area contributed by atoms with Crippen molar-refractivity contribution in [2.24, 2.45) is 0 Å². The van der Waals surface area contributed by atoms with Gasteiger partial charge in [0.15, 0.2) is 9.84 Å². The number of hydrogen-bond donors (Lipinski definition) is 0. The molecule has 0 N–H and O–H groups in total. The van der Waals surface area contributed by atoms with Crippen molar-refractivity contribution in [3.8, 4) is 0 Å². The maximum absolute atomic E-state index is 12.2. The van der Waals surface area contributed by atoms with Crippen molar-refractivity contribution in [3.63, 3.8) is 0 Å². The molecule has 1 aromatic carbocycles. The lowest BCUT2D eigenvalue weighted by atomic mass is 10.2. The van der Waals surface area contributed by atoms with E-state index in [0.29, 0.717) is 11.8 Å². The monoisotopic (exact) mass is 380 g/mol. The molecule has 1 aliphatic rings. The number of nitro groups is 2. The highest BCUT2D eigenvalue weighted by Gasteiger charge is 2.38. The van der Waals surface area contributed by atoms with Crippen molar-refractivity contribution in [2.75, 3.05) is 11.5 Å². The Morgan fingerprint density at radius 3 is 2.04 bits per heavy atom. The molecule has 0 amide bonds. The number of nitrogens with zero attached hydrogens (tertiary/aromatic N) is 2. The molecule has 1 saturated heterocycles. The molecule has 1 heterocycles. The standard InChI is InChI=1S/C11H9ClN2O7S2/c12-9-4-23(20,21)5-10(9)22-11(15)6-1-7(13(16)17)3-8(2-6)14(18)19/h1-3,9-10H,4-5H2/t9-,10-/m0/s1. The first-order chi connectivity index (χ1) is 10.6. The van der Waals surface area contributed by atoms with Crippen LogP contribution in [-0.2, 0) is 9.84 Å². The lowest BCUT2D eigenvalue weighted by Gasteiger charge is -2.10. The van der Waals surface area contributed by atoms with Gasteiger partial charge in [-0.3, -0.25) is 25.0 Å². The van der Waals surface area contributed by atoms with Gasteiger partial charge in [-0.05, 0) is 0 Å². The van der Waals surface area contributed by atoms with E-state index in [0.717, 1.165) is 18.2 Å². The van der Waals surface area contributed by atoms with Gasteiger partial charge in [-0.2, -0.15) is 0 Å². The summed E-state index contributed by atoms with van der Waals surface area (Å²) in [5.41, 5.74) is -1.43. The molecule has 0 bridgehead atoms. The van der Waals surface area contributed by atoms with E-state index in [1.807, 2.05) is 0 Å². The quantitative estimate of drug-likeness (QED) is 0.437. The fourth-order valence-electron chi connectivity index (χ4n) is 2.01. The molecule has 0 unspecified atom stereocenters. The number of sulfone groups is 1. The Hall–Kier alpha value is -1.72. The Bertz CT molecular complexity index is 763. The third-order valence-corrected chi connectivity index (χ3v) is 7.04. The van der Waals surface area contributed by atoms with Crippen LogP contribution in [0.25, 0.3) is 0 Å². The van der Waals surface area contributed by atoms with Gasteiger partial charge in [-0.1, -0.05) is 11.8 Å². The highest BCUT2D eigenvalue weighted by atomic mass is 35.5. The van der Waals surface area contributed by atoms with E-state index < -0.39 is 46.8 Å². The Labute approximate surface area is 139 Å². The van der Waals surface area contributed by atoms with E-state index in [-0.39, 0.29) is 17.1 Å². The molecule has 2 atom stereocenters. The van der Waals surface area contributed by atoms with Gasteiger partial charge >= 0.3 is 0 Å². The van der Waals surface area contributed by atoms with Crippen LogP contribution < -0.4 is 0 Å². The predicted octanol–water partition coefficient (Wildman–Crippen LogP) is 1.78. The number of hydrogen-bond acceptors (Lipinski definition) is 8. The first kappa shape index (κ1) is 17.6. The van der Waals surface area contributed by atoms with E-state index >= 15 is 0 Å². The Balaban J connectivity index is 2.29. The van der Waals surface area contributed by atoms with Crippen molar-refractivity contribution < 1.29 is 23.1 Å². The van der Waals surface area contributed by atoms with Crippen molar-refractivity contribution in [3.05, 3.63) is 44.0 Å². The largest absolute Gasteiger partial charge is 0.282 e. The lowest BCUT2D eigenvalue weighted by molar-refractivity contribution is -0.394. The third-order valence-electron chi connectivity index (χ3n) is 3.05. The van der Waals surface area contributed by atoms with E-state index in [1.165, 1.54) is 0 Å². The molecular weight excluding hydrogens is 372 g/mol. The number of alkyl halides is 1. The molecule has 1 aromatic rings. The molecule has 0 aliphatic carbocycles. The first-order valence-corrected chi connectivity index (χ1v) is 9.22. The summed E-state index contributed by atoms with van der Waals surface area (Å²) in [5, 5.41) is 19.4. The van der Waals surface area contributed by atoms with Crippen LogP contribution in [-0.4, -0.2) is 45.5 Å². The number of rotatable bonds is 4. The number of halogens is 1. The van der Waals surface area contributed by atoms with Crippen molar-refractivity contribution in [1.29, 1.82) is 0 Å². The van der Waals surface area contributed by atoms with Gasteiger partial charge < -0.3 is 0 Å². The predicted molar refractivity (Wildman–Crippen MR) is 83.8 cm³/mol. The average molecular weight is 381 g/mol. The van der Waals surface area contributed by atoms with Crippen LogP contribution in [0, 0.1) is 20.2 Å². The van der Waals surface area contributed by atoms with Crippen molar-refractivity contribution in [1.82, 2.24) is 0 Å². The fourth-order valence-corrected chi connectivity index (χ4v) is 6.31. The lowest BCUT2D eigenvalue weighted by Crippen LogP contribution is -2.17. The average Bonchev–Trinajstić information content (AvgIpc) is 2.70. The second-order valence-electron chi connectivity index (χ2n) is 4.79. The van der Waals surface area contributed by atoms with Crippen LogP contribution >= 0.6 is 23.4 Å². The Kier molecular flexibility index (Phi) is 4.92.